The third-order valence-corrected chi connectivity index (χ3v) is 5.21. The number of ether oxygens (including phenoxy) is 2. The second-order valence-electron chi connectivity index (χ2n) is 7.70. The van der Waals surface area contributed by atoms with Crippen molar-refractivity contribution in [1.29, 1.82) is 0 Å². The molecular weight excluding hydrogens is 402 g/mol. The number of nitrogens with two attached hydrogens (primary N) is 1. The summed E-state index contributed by atoms with van der Waals surface area (Å²) in [6.45, 7) is 4.28. The number of methoxy groups -OCH3 is 1. The Labute approximate surface area is 187 Å². The molecule has 32 heavy (non-hydrogen) atoms. The number of aromatic nitrogens is 2. The zero-order valence-corrected chi connectivity index (χ0v) is 18.3. The highest BCUT2D eigenvalue weighted by atomic mass is 16.5. The van der Waals surface area contributed by atoms with Gasteiger partial charge in [0.25, 0.3) is 0 Å². The van der Waals surface area contributed by atoms with E-state index in [1.54, 1.807) is 4.68 Å². The lowest BCUT2D eigenvalue weighted by molar-refractivity contribution is 0.0594. The molecule has 4 aromatic rings. The summed E-state index contributed by atoms with van der Waals surface area (Å²) in [6, 6.07) is 25.1. The van der Waals surface area contributed by atoms with Crippen LogP contribution in [-0.4, -0.2) is 22.9 Å². The minimum Gasteiger partial charge on any atom is -0.464 e. The van der Waals surface area contributed by atoms with Gasteiger partial charge >= 0.3 is 5.97 Å². The van der Waals surface area contributed by atoms with E-state index < -0.39 is 5.97 Å². The zero-order valence-electron chi connectivity index (χ0n) is 18.3. The Hall–Kier alpha value is -4.06. The van der Waals surface area contributed by atoms with Gasteiger partial charge in [-0.2, -0.15) is 5.10 Å². The number of anilines is 1. The summed E-state index contributed by atoms with van der Waals surface area (Å²) in [5.74, 6) is 1.28. The number of carbonyl (C=O) groups excluding carboxylic acids is 1. The number of hydrogen-bond acceptors (Lipinski definition) is 5. The highest BCUT2D eigenvalue weighted by Gasteiger charge is 2.23. The fraction of sp³-hybridized carbons (Fsp3) is 0.154. The first-order valence-corrected chi connectivity index (χ1v) is 10.4. The predicted molar refractivity (Wildman–Crippen MR) is 125 cm³/mol. The molecule has 0 radical (unpaired) electrons. The molecule has 2 N–H and O–H groups in total. The van der Waals surface area contributed by atoms with Gasteiger partial charge in [0.1, 0.15) is 11.5 Å². The van der Waals surface area contributed by atoms with Crippen LogP contribution in [0.2, 0.25) is 0 Å². The molecule has 0 aliphatic heterocycles. The van der Waals surface area contributed by atoms with Crippen LogP contribution in [-0.2, 0) is 4.74 Å². The van der Waals surface area contributed by atoms with Gasteiger partial charge in [0, 0.05) is 5.56 Å². The third-order valence-electron chi connectivity index (χ3n) is 5.21. The average Bonchev–Trinajstić information content (AvgIpc) is 3.16. The standard InChI is InChI=1S/C26H25N3O3/c1-17(2)18-9-11-19(12-10-18)25-23(27)24(26(30)31-3)28-29(25)20-13-15-22(16-14-20)32-21-7-5-4-6-8-21/h4-17H,27H2,1-3H3. The van der Waals surface area contributed by atoms with Crippen molar-refractivity contribution in [3.63, 3.8) is 0 Å². The molecule has 6 heteroatoms. The Balaban J connectivity index is 1.75. The van der Waals surface area contributed by atoms with Crippen molar-refractivity contribution < 1.29 is 14.3 Å². The van der Waals surface area contributed by atoms with Gasteiger partial charge in [0.05, 0.1) is 24.2 Å². The smallest absolute Gasteiger partial charge is 0.360 e. The van der Waals surface area contributed by atoms with Crippen LogP contribution >= 0.6 is 0 Å². The van der Waals surface area contributed by atoms with Gasteiger partial charge in [-0.25, -0.2) is 9.48 Å². The highest BCUT2D eigenvalue weighted by Crippen LogP contribution is 2.33. The van der Waals surface area contributed by atoms with Crippen LogP contribution in [0.4, 0.5) is 5.69 Å². The minimum absolute atomic E-state index is 0.0834. The van der Waals surface area contributed by atoms with Gasteiger partial charge in [-0.3, -0.25) is 0 Å². The van der Waals surface area contributed by atoms with Crippen LogP contribution < -0.4 is 10.5 Å². The highest BCUT2D eigenvalue weighted by molar-refractivity contribution is 5.97. The van der Waals surface area contributed by atoms with E-state index in [4.69, 9.17) is 15.2 Å². The van der Waals surface area contributed by atoms with E-state index >= 15 is 0 Å². The lowest BCUT2D eigenvalue weighted by atomic mass is 10.0. The molecule has 0 saturated carbocycles. The molecule has 0 aliphatic rings. The molecule has 0 fully saturated rings. The Morgan fingerprint density at radius 2 is 1.53 bits per heavy atom. The summed E-state index contributed by atoms with van der Waals surface area (Å²) in [6.07, 6.45) is 0. The fourth-order valence-electron chi connectivity index (χ4n) is 3.45. The molecule has 0 atom stereocenters. The number of carbonyl (C=O) groups is 1. The van der Waals surface area contributed by atoms with Gasteiger partial charge in [0.2, 0.25) is 0 Å². The second-order valence-corrected chi connectivity index (χ2v) is 7.70. The van der Waals surface area contributed by atoms with Crippen LogP contribution in [0.1, 0.15) is 35.8 Å². The Kier molecular flexibility index (Phi) is 5.94. The van der Waals surface area contributed by atoms with Crippen LogP contribution in [0.5, 0.6) is 11.5 Å². The predicted octanol–water partition coefficient (Wildman–Crippen LogP) is 5.82. The molecule has 0 saturated heterocycles. The largest absolute Gasteiger partial charge is 0.464 e. The zero-order chi connectivity index (χ0) is 22.7. The number of hydrogen-bond donors (Lipinski definition) is 1. The van der Waals surface area contributed by atoms with Crippen LogP contribution in [0.3, 0.4) is 0 Å². The third kappa shape index (κ3) is 4.21. The summed E-state index contributed by atoms with van der Waals surface area (Å²) < 4.78 is 12.4. The molecule has 4 rings (SSSR count). The first-order valence-electron chi connectivity index (χ1n) is 10.4. The Morgan fingerprint density at radius 1 is 0.906 bits per heavy atom. The van der Waals surface area contributed by atoms with Crippen molar-refractivity contribution in [1.82, 2.24) is 9.78 Å². The van der Waals surface area contributed by atoms with E-state index in [0.29, 0.717) is 17.4 Å². The first kappa shape index (κ1) is 21.2. The molecular formula is C26H25N3O3. The van der Waals surface area contributed by atoms with Crippen LogP contribution in [0.25, 0.3) is 16.9 Å². The van der Waals surface area contributed by atoms with Crippen LogP contribution in [0, 0.1) is 0 Å². The SMILES string of the molecule is COC(=O)c1nn(-c2ccc(Oc3ccccc3)cc2)c(-c2ccc(C(C)C)cc2)c1N. The van der Waals surface area contributed by atoms with Crippen molar-refractivity contribution in [3.05, 3.63) is 90.1 Å². The topological polar surface area (TPSA) is 79.4 Å². The quantitative estimate of drug-likeness (QED) is 0.392. The van der Waals surface area contributed by atoms with Crippen molar-refractivity contribution in [3.8, 4) is 28.4 Å². The lowest BCUT2D eigenvalue weighted by Crippen LogP contribution is -2.06. The van der Waals surface area contributed by atoms with Gasteiger partial charge in [-0.05, 0) is 47.9 Å². The molecule has 3 aromatic carbocycles. The molecule has 0 spiro atoms. The molecule has 162 valence electrons. The van der Waals surface area contributed by atoms with E-state index in [9.17, 15) is 4.79 Å². The monoisotopic (exact) mass is 427 g/mol. The summed E-state index contributed by atoms with van der Waals surface area (Å²) in [4.78, 5) is 12.3. The molecule has 1 heterocycles. The lowest BCUT2D eigenvalue weighted by Gasteiger charge is -2.11. The number of nitrogen functional groups attached to an aromatic ring is 1. The number of para-hydroxylation sites is 1. The second kappa shape index (κ2) is 8.98. The van der Waals surface area contributed by atoms with Crippen molar-refractivity contribution in [2.24, 2.45) is 0 Å². The summed E-state index contributed by atoms with van der Waals surface area (Å²) in [5.41, 5.74) is 10.2. The van der Waals surface area contributed by atoms with Gasteiger partial charge in [-0.1, -0.05) is 56.3 Å². The minimum atomic E-state index is -0.578. The van der Waals surface area contributed by atoms with Gasteiger partial charge in [-0.15, -0.1) is 0 Å². The summed E-state index contributed by atoms with van der Waals surface area (Å²) in [5, 5.41) is 4.47. The number of nitrogens with zero attached hydrogens (tertiary/aromatic N) is 2. The van der Waals surface area contributed by atoms with Gasteiger partial charge < -0.3 is 15.2 Å². The Bertz CT molecular complexity index is 1210. The van der Waals surface area contributed by atoms with Crippen LogP contribution in [0.15, 0.2) is 78.9 Å². The maximum Gasteiger partial charge on any atom is 0.360 e. The maximum absolute atomic E-state index is 12.3. The maximum atomic E-state index is 12.3. The Morgan fingerprint density at radius 3 is 2.12 bits per heavy atom. The van der Waals surface area contributed by atoms with E-state index in [-0.39, 0.29) is 11.4 Å². The van der Waals surface area contributed by atoms with Crippen molar-refractivity contribution in [2.45, 2.75) is 19.8 Å². The first-order chi connectivity index (χ1) is 15.5. The van der Waals surface area contributed by atoms with Crippen molar-refractivity contribution >= 4 is 11.7 Å². The molecule has 1 aromatic heterocycles. The average molecular weight is 428 g/mol. The summed E-state index contributed by atoms with van der Waals surface area (Å²) >= 11 is 0. The molecule has 0 aliphatic carbocycles. The van der Waals surface area contributed by atoms with Crippen molar-refractivity contribution in [2.75, 3.05) is 12.8 Å². The number of rotatable bonds is 6. The molecule has 0 bridgehead atoms. The number of esters is 1. The van der Waals surface area contributed by atoms with E-state index in [1.165, 1.54) is 12.7 Å². The van der Waals surface area contributed by atoms with E-state index in [2.05, 4.69) is 31.1 Å². The normalized spacial score (nSPS) is 10.9. The number of benzene rings is 3. The van der Waals surface area contributed by atoms with Gasteiger partial charge in [0.15, 0.2) is 5.69 Å². The molecule has 0 amide bonds. The molecule has 6 nitrogen and oxygen atoms in total. The van der Waals surface area contributed by atoms with E-state index in [0.717, 1.165) is 17.0 Å². The summed E-state index contributed by atoms with van der Waals surface area (Å²) in [7, 11) is 1.31. The molecule has 0 unspecified atom stereocenters. The fourth-order valence-corrected chi connectivity index (χ4v) is 3.45. The van der Waals surface area contributed by atoms with E-state index in [1.807, 2.05) is 66.7 Å².